The number of aryl methyl sites for hydroxylation is 1. The van der Waals surface area contributed by atoms with Crippen LogP contribution in [0.5, 0.6) is 11.5 Å². The van der Waals surface area contributed by atoms with Crippen LogP contribution >= 0.6 is 0 Å². The first-order valence-electron chi connectivity index (χ1n) is 10.1. The van der Waals surface area contributed by atoms with Crippen molar-refractivity contribution in [1.29, 1.82) is 0 Å². The van der Waals surface area contributed by atoms with E-state index in [2.05, 4.69) is 10.3 Å². The fourth-order valence-corrected chi connectivity index (χ4v) is 3.96. The molecule has 0 radical (unpaired) electrons. The first kappa shape index (κ1) is 18.6. The van der Waals surface area contributed by atoms with Crippen molar-refractivity contribution in [1.82, 2.24) is 4.98 Å². The number of nitrogens with one attached hydrogen (secondary N) is 1. The normalized spacial score (nSPS) is 15.7. The molecule has 0 atom stereocenters. The van der Waals surface area contributed by atoms with Crippen LogP contribution < -0.4 is 20.5 Å². The number of aromatic nitrogens is 1. The SMILES string of the molecule is Cc1nc(NC(=O)C2(c3ccc4c(c3)OCO4)CC2)ccc1-c1ccc(CN)cc1. The van der Waals surface area contributed by atoms with Gasteiger partial charge in [0.05, 0.1) is 5.41 Å². The molecule has 2 aromatic carbocycles. The number of carbonyl (C=O) groups is 1. The number of hydrogen-bond acceptors (Lipinski definition) is 5. The Morgan fingerprint density at radius 3 is 2.53 bits per heavy atom. The van der Waals surface area contributed by atoms with Gasteiger partial charge in [-0.15, -0.1) is 0 Å². The molecule has 1 aromatic heterocycles. The molecule has 1 saturated carbocycles. The molecular weight excluding hydrogens is 378 g/mol. The Morgan fingerprint density at radius 2 is 1.83 bits per heavy atom. The van der Waals surface area contributed by atoms with Gasteiger partial charge < -0.3 is 20.5 Å². The third-order valence-corrected chi connectivity index (χ3v) is 5.94. The first-order chi connectivity index (χ1) is 14.6. The minimum Gasteiger partial charge on any atom is -0.454 e. The van der Waals surface area contributed by atoms with E-state index in [1.165, 1.54) is 0 Å². The molecule has 1 fully saturated rings. The maximum Gasteiger partial charge on any atom is 0.236 e. The van der Waals surface area contributed by atoms with Crippen molar-refractivity contribution in [3.05, 3.63) is 71.4 Å². The number of nitrogens with zero attached hydrogens (tertiary/aromatic N) is 1. The summed E-state index contributed by atoms with van der Waals surface area (Å²) in [5.74, 6) is 1.95. The van der Waals surface area contributed by atoms with Crippen molar-refractivity contribution in [3.63, 3.8) is 0 Å². The second-order valence-corrected chi connectivity index (χ2v) is 7.83. The quantitative estimate of drug-likeness (QED) is 0.677. The third kappa shape index (κ3) is 3.19. The van der Waals surface area contributed by atoms with E-state index in [-0.39, 0.29) is 12.7 Å². The number of hydrogen-bond donors (Lipinski definition) is 2. The van der Waals surface area contributed by atoms with Gasteiger partial charge in [-0.3, -0.25) is 4.79 Å². The Labute approximate surface area is 175 Å². The standard InChI is InChI=1S/C24H23N3O3/c1-15-19(17-4-2-16(13-25)3-5-17)7-9-22(26-15)27-23(28)24(10-11-24)18-6-8-20-21(12-18)30-14-29-20/h2-9,12H,10-11,13-14,25H2,1H3,(H,26,27,28). The molecule has 0 spiro atoms. The molecule has 6 heteroatoms. The maximum atomic E-state index is 13.1. The number of carbonyl (C=O) groups excluding carboxylic acids is 1. The van der Waals surface area contributed by atoms with Gasteiger partial charge in [-0.2, -0.15) is 0 Å². The number of ether oxygens (including phenoxy) is 2. The molecular formula is C24H23N3O3. The van der Waals surface area contributed by atoms with E-state index >= 15 is 0 Å². The first-order valence-corrected chi connectivity index (χ1v) is 10.1. The topological polar surface area (TPSA) is 86.5 Å². The Morgan fingerprint density at radius 1 is 1.07 bits per heavy atom. The van der Waals surface area contributed by atoms with E-state index in [1.54, 1.807) is 0 Å². The average Bonchev–Trinajstić information content (AvgIpc) is 3.45. The lowest BCUT2D eigenvalue weighted by atomic mass is 9.94. The highest BCUT2D eigenvalue weighted by molar-refractivity contribution is 6.01. The monoisotopic (exact) mass is 401 g/mol. The van der Waals surface area contributed by atoms with E-state index < -0.39 is 5.41 Å². The minimum absolute atomic E-state index is 0.0340. The molecule has 6 nitrogen and oxygen atoms in total. The van der Waals surface area contributed by atoms with Gasteiger partial charge >= 0.3 is 0 Å². The summed E-state index contributed by atoms with van der Waals surface area (Å²) >= 11 is 0. The average molecular weight is 401 g/mol. The van der Waals surface area contributed by atoms with Crippen LogP contribution in [0.15, 0.2) is 54.6 Å². The third-order valence-electron chi connectivity index (χ3n) is 5.94. The zero-order chi connectivity index (χ0) is 20.7. The zero-order valence-corrected chi connectivity index (χ0v) is 16.8. The van der Waals surface area contributed by atoms with E-state index in [1.807, 2.05) is 61.5 Å². The zero-order valence-electron chi connectivity index (χ0n) is 16.8. The van der Waals surface area contributed by atoms with Crippen molar-refractivity contribution < 1.29 is 14.3 Å². The highest BCUT2D eigenvalue weighted by Crippen LogP contribution is 2.51. The van der Waals surface area contributed by atoms with Crippen molar-refractivity contribution in [2.45, 2.75) is 31.7 Å². The highest BCUT2D eigenvalue weighted by Gasteiger charge is 2.51. The lowest BCUT2D eigenvalue weighted by molar-refractivity contribution is -0.118. The molecule has 1 aliphatic heterocycles. The molecule has 0 bridgehead atoms. The van der Waals surface area contributed by atoms with E-state index in [0.717, 1.165) is 46.5 Å². The Kier molecular flexibility index (Phi) is 4.44. The molecule has 30 heavy (non-hydrogen) atoms. The second kappa shape index (κ2) is 7.15. The van der Waals surface area contributed by atoms with Crippen LogP contribution in [0.25, 0.3) is 11.1 Å². The lowest BCUT2D eigenvalue weighted by Crippen LogP contribution is -2.28. The van der Waals surface area contributed by atoms with Gasteiger partial charge in [-0.05, 0) is 60.7 Å². The predicted octanol–water partition coefficient (Wildman–Crippen LogP) is 3.91. The summed E-state index contributed by atoms with van der Waals surface area (Å²) < 4.78 is 10.8. The van der Waals surface area contributed by atoms with Crippen LogP contribution in [-0.2, 0) is 16.8 Å². The molecule has 0 unspecified atom stereocenters. The van der Waals surface area contributed by atoms with Gasteiger partial charge in [0.2, 0.25) is 12.7 Å². The summed E-state index contributed by atoms with van der Waals surface area (Å²) in [6.45, 7) is 2.70. The number of rotatable bonds is 5. The van der Waals surface area contributed by atoms with Crippen molar-refractivity contribution in [2.75, 3.05) is 12.1 Å². The molecule has 3 N–H and O–H groups in total. The van der Waals surface area contributed by atoms with Gasteiger partial charge in [0.15, 0.2) is 11.5 Å². The second-order valence-electron chi connectivity index (χ2n) is 7.83. The maximum absolute atomic E-state index is 13.1. The van der Waals surface area contributed by atoms with Crippen molar-refractivity contribution >= 4 is 11.7 Å². The summed E-state index contributed by atoms with van der Waals surface area (Å²) in [5.41, 5.74) is 10.2. The Hall–Kier alpha value is -3.38. The van der Waals surface area contributed by atoms with Crippen molar-refractivity contribution in [3.8, 4) is 22.6 Å². The van der Waals surface area contributed by atoms with Crippen LogP contribution in [0.2, 0.25) is 0 Å². The molecule has 1 aliphatic carbocycles. The van der Waals surface area contributed by atoms with E-state index in [9.17, 15) is 4.79 Å². The van der Waals surface area contributed by atoms with Crippen molar-refractivity contribution in [2.24, 2.45) is 5.73 Å². The molecule has 0 saturated heterocycles. The van der Waals surface area contributed by atoms with Gasteiger partial charge in [0, 0.05) is 17.8 Å². The molecule has 2 heterocycles. The van der Waals surface area contributed by atoms with Gasteiger partial charge in [-0.25, -0.2) is 4.98 Å². The predicted molar refractivity (Wildman–Crippen MR) is 114 cm³/mol. The summed E-state index contributed by atoms with van der Waals surface area (Å²) in [6.07, 6.45) is 1.62. The number of benzene rings is 2. The highest BCUT2D eigenvalue weighted by atomic mass is 16.7. The fourth-order valence-electron chi connectivity index (χ4n) is 3.96. The van der Waals surface area contributed by atoms with E-state index in [4.69, 9.17) is 15.2 Å². The number of amides is 1. The molecule has 152 valence electrons. The van der Waals surface area contributed by atoms with Gasteiger partial charge in [0.1, 0.15) is 5.82 Å². The molecule has 3 aromatic rings. The van der Waals surface area contributed by atoms with Crippen LogP contribution in [-0.4, -0.2) is 17.7 Å². The summed E-state index contributed by atoms with van der Waals surface area (Å²) in [6, 6.07) is 17.7. The Bertz CT molecular complexity index is 1120. The molecule has 5 rings (SSSR count). The fraction of sp³-hybridized carbons (Fsp3) is 0.250. The van der Waals surface area contributed by atoms with Gasteiger partial charge in [0.25, 0.3) is 0 Å². The summed E-state index contributed by atoms with van der Waals surface area (Å²) in [7, 11) is 0. The lowest BCUT2D eigenvalue weighted by Gasteiger charge is -2.16. The number of fused-ring (bicyclic) bond motifs is 1. The number of anilines is 1. The summed E-state index contributed by atoms with van der Waals surface area (Å²) in [5, 5.41) is 3.01. The van der Waals surface area contributed by atoms with Crippen LogP contribution in [0.3, 0.4) is 0 Å². The van der Waals surface area contributed by atoms with Crippen LogP contribution in [0.4, 0.5) is 5.82 Å². The van der Waals surface area contributed by atoms with Crippen LogP contribution in [0, 0.1) is 6.92 Å². The van der Waals surface area contributed by atoms with Gasteiger partial charge in [-0.1, -0.05) is 30.3 Å². The van der Waals surface area contributed by atoms with Crippen LogP contribution in [0.1, 0.15) is 29.7 Å². The smallest absolute Gasteiger partial charge is 0.236 e. The minimum atomic E-state index is -0.521. The van der Waals surface area contributed by atoms with E-state index in [0.29, 0.717) is 18.1 Å². The Balaban J connectivity index is 1.35. The molecule has 2 aliphatic rings. The number of nitrogens with two attached hydrogens (primary N) is 1. The molecule has 1 amide bonds. The number of pyridine rings is 1. The summed E-state index contributed by atoms with van der Waals surface area (Å²) in [4.78, 5) is 17.7. The largest absolute Gasteiger partial charge is 0.454 e.